The lowest BCUT2D eigenvalue weighted by atomic mass is 10.1. The Labute approximate surface area is 162 Å². The largest absolute Gasteiger partial charge is 0.462 e. The highest BCUT2D eigenvalue weighted by atomic mass is 19.1. The summed E-state index contributed by atoms with van der Waals surface area (Å²) in [6.07, 6.45) is 1.56. The molecule has 0 saturated carbocycles. The van der Waals surface area contributed by atoms with Gasteiger partial charge in [-0.25, -0.2) is 14.0 Å². The van der Waals surface area contributed by atoms with Gasteiger partial charge in [0, 0.05) is 0 Å². The Bertz CT molecular complexity index is 936. The van der Waals surface area contributed by atoms with Gasteiger partial charge in [-0.15, -0.1) is 0 Å². The van der Waals surface area contributed by atoms with E-state index in [2.05, 4.69) is 0 Å². The molecule has 5 heteroatoms. The van der Waals surface area contributed by atoms with E-state index in [0.29, 0.717) is 12.2 Å². The van der Waals surface area contributed by atoms with Gasteiger partial charge in [0.25, 0.3) is 0 Å². The molecule has 142 valence electrons. The molecule has 0 amide bonds. The number of aryl methyl sites for hydroxylation is 1. The molecule has 3 aromatic rings. The SMILES string of the molecule is O=C(OCCCc1ccccc1)c1ccc(OC(=O)c2ccccc2F)cc1. The van der Waals surface area contributed by atoms with Crippen LogP contribution in [0.3, 0.4) is 0 Å². The number of rotatable bonds is 7. The van der Waals surface area contributed by atoms with Gasteiger partial charge in [0.2, 0.25) is 0 Å². The van der Waals surface area contributed by atoms with Crippen LogP contribution in [-0.2, 0) is 11.2 Å². The number of hydrogen-bond donors (Lipinski definition) is 0. The summed E-state index contributed by atoms with van der Waals surface area (Å²) < 4.78 is 24.0. The zero-order valence-corrected chi connectivity index (χ0v) is 15.1. The fourth-order valence-electron chi connectivity index (χ4n) is 2.62. The molecule has 28 heavy (non-hydrogen) atoms. The zero-order chi connectivity index (χ0) is 19.8. The first-order valence-electron chi connectivity index (χ1n) is 8.91. The summed E-state index contributed by atoms with van der Waals surface area (Å²) in [4.78, 5) is 24.1. The number of carbonyl (C=O) groups excluding carboxylic acids is 2. The maximum Gasteiger partial charge on any atom is 0.346 e. The molecule has 0 heterocycles. The van der Waals surface area contributed by atoms with Gasteiger partial charge in [0.1, 0.15) is 11.6 Å². The third-order valence-electron chi connectivity index (χ3n) is 4.08. The highest BCUT2D eigenvalue weighted by Gasteiger charge is 2.14. The normalized spacial score (nSPS) is 10.3. The lowest BCUT2D eigenvalue weighted by Gasteiger charge is -2.07. The van der Waals surface area contributed by atoms with Crippen LogP contribution in [0.2, 0.25) is 0 Å². The van der Waals surface area contributed by atoms with Crippen molar-refractivity contribution in [3.05, 3.63) is 101 Å². The summed E-state index contributed by atoms with van der Waals surface area (Å²) in [7, 11) is 0. The van der Waals surface area contributed by atoms with Crippen LogP contribution >= 0.6 is 0 Å². The number of hydrogen-bond acceptors (Lipinski definition) is 4. The Hall–Kier alpha value is -3.47. The minimum atomic E-state index is -0.797. The van der Waals surface area contributed by atoms with Gasteiger partial charge in [-0.05, 0) is 54.8 Å². The van der Waals surface area contributed by atoms with Crippen LogP contribution in [0.25, 0.3) is 0 Å². The van der Waals surface area contributed by atoms with Crippen LogP contribution < -0.4 is 4.74 Å². The van der Waals surface area contributed by atoms with E-state index < -0.39 is 17.8 Å². The van der Waals surface area contributed by atoms with Crippen LogP contribution in [-0.4, -0.2) is 18.5 Å². The minimum absolute atomic E-state index is 0.149. The van der Waals surface area contributed by atoms with Gasteiger partial charge < -0.3 is 9.47 Å². The van der Waals surface area contributed by atoms with E-state index in [9.17, 15) is 14.0 Å². The number of halogens is 1. The summed E-state index contributed by atoms with van der Waals surface area (Å²) in [6, 6.07) is 21.5. The van der Waals surface area contributed by atoms with E-state index in [1.165, 1.54) is 48.0 Å². The highest BCUT2D eigenvalue weighted by molar-refractivity contribution is 5.92. The summed E-state index contributed by atoms with van der Waals surface area (Å²) in [5.41, 5.74) is 1.40. The monoisotopic (exact) mass is 378 g/mol. The van der Waals surface area contributed by atoms with Gasteiger partial charge >= 0.3 is 11.9 Å². The van der Waals surface area contributed by atoms with Crippen LogP contribution in [0.5, 0.6) is 5.75 Å². The molecule has 0 aliphatic heterocycles. The quantitative estimate of drug-likeness (QED) is 0.336. The maximum absolute atomic E-state index is 13.6. The second-order valence-electron chi connectivity index (χ2n) is 6.12. The molecule has 0 N–H and O–H groups in total. The molecule has 0 bridgehead atoms. The minimum Gasteiger partial charge on any atom is -0.462 e. The predicted octanol–water partition coefficient (Wildman–Crippen LogP) is 4.83. The van der Waals surface area contributed by atoms with Crippen LogP contribution in [0.15, 0.2) is 78.9 Å². The topological polar surface area (TPSA) is 52.6 Å². The van der Waals surface area contributed by atoms with Gasteiger partial charge in [0.15, 0.2) is 0 Å². The van der Waals surface area contributed by atoms with E-state index in [-0.39, 0.29) is 11.3 Å². The van der Waals surface area contributed by atoms with E-state index in [0.717, 1.165) is 12.8 Å². The van der Waals surface area contributed by atoms with Crippen LogP contribution in [0.1, 0.15) is 32.7 Å². The van der Waals surface area contributed by atoms with Crippen molar-refractivity contribution in [1.82, 2.24) is 0 Å². The van der Waals surface area contributed by atoms with Crippen molar-refractivity contribution in [2.75, 3.05) is 6.61 Å². The number of carbonyl (C=O) groups is 2. The molecule has 0 unspecified atom stereocenters. The van der Waals surface area contributed by atoms with Gasteiger partial charge in [-0.2, -0.15) is 0 Å². The van der Waals surface area contributed by atoms with Crippen molar-refractivity contribution >= 4 is 11.9 Å². The zero-order valence-electron chi connectivity index (χ0n) is 15.1. The lowest BCUT2D eigenvalue weighted by molar-refractivity contribution is 0.0500. The highest BCUT2D eigenvalue weighted by Crippen LogP contribution is 2.16. The van der Waals surface area contributed by atoms with E-state index in [1.54, 1.807) is 6.07 Å². The first kappa shape index (κ1) is 19.3. The first-order chi connectivity index (χ1) is 13.6. The first-order valence-corrected chi connectivity index (χ1v) is 8.91. The Balaban J connectivity index is 1.48. The Morgan fingerprint density at radius 2 is 1.46 bits per heavy atom. The van der Waals surface area contributed by atoms with E-state index >= 15 is 0 Å². The van der Waals surface area contributed by atoms with Crippen molar-refractivity contribution in [3.63, 3.8) is 0 Å². The number of ether oxygens (including phenoxy) is 2. The maximum atomic E-state index is 13.6. The molecule has 0 atom stereocenters. The average molecular weight is 378 g/mol. The van der Waals surface area contributed by atoms with Gasteiger partial charge in [-0.1, -0.05) is 42.5 Å². The van der Waals surface area contributed by atoms with Crippen molar-refractivity contribution in [3.8, 4) is 5.75 Å². The fourth-order valence-corrected chi connectivity index (χ4v) is 2.62. The Kier molecular flexibility index (Phi) is 6.52. The molecule has 4 nitrogen and oxygen atoms in total. The van der Waals surface area contributed by atoms with Crippen molar-refractivity contribution < 1.29 is 23.5 Å². The summed E-state index contributed by atoms with van der Waals surface area (Å²) in [6.45, 7) is 0.317. The second kappa shape index (κ2) is 9.46. The lowest BCUT2D eigenvalue weighted by Crippen LogP contribution is -2.11. The summed E-state index contributed by atoms with van der Waals surface area (Å²) in [5.74, 6) is -1.67. The molecule has 0 aliphatic carbocycles. The van der Waals surface area contributed by atoms with Crippen molar-refractivity contribution in [2.45, 2.75) is 12.8 Å². The molecule has 0 fully saturated rings. The second-order valence-corrected chi connectivity index (χ2v) is 6.12. The molecule has 0 aromatic heterocycles. The number of benzene rings is 3. The van der Waals surface area contributed by atoms with E-state index in [4.69, 9.17) is 9.47 Å². The Morgan fingerprint density at radius 3 is 2.18 bits per heavy atom. The van der Waals surface area contributed by atoms with Crippen LogP contribution in [0, 0.1) is 5.82 Å². The molecule has 0 radical (unpaired) electrons. The van der Waals surface area contributed by atoms with Crippen LogP contribution in [0.4, 0.5) is 4.39 Å². The van der Waals surface area contributed by atoms with Gasteiger partial charge in [-0.3, -0.25) is 0 Å². The molecule has 3 aromatic carbocycles. The van der Waals surface area contributed by atoms with Crippen molar-refractivity contribution in [2.24, 2.45) is 0 Å². The third kappa shape index (κ3) is 5.27. The average Bonchev–Trinajstić information content (AvgIpc) is 2.72. The molecular formula is C23H19FO4. The molecular weight excluding hydrogens is 359 g/mol. The van der Waals surface area contributed by atoms with Gasteiger partial charge in [0.05, 0.1) is 17.7 Å². The standard InChI is InChI=1S/C23H19FO4/c24-21-11-5-4-10-20(21)23(26)28-19-14-12-18(13-15-19)22(25)27-16-6-9-17-7-2-1-3-8-17/h1-5,7-8,10-15H,6,9,16H2. The molecule has 3 rings (SSSR count). The summed E-state index contributed by atoms with van der Waals surface area (Å²) >= 11 is 0. The van der Waals surface area contributed by atoms with E-state index in [1.807, 2.05) is 30.3 Å². The summed E-state index contributed by atoms with van der Waals surface area (Å²) in [5, 5.41) is 0. The smallest absolute Gasteiger partial charge is 0.346 e. The van der Waals surface area contributed by atoms with Crippen molar-refractivity contribution in [1.29, 1.82) is 0 Å². The molecule has 0 spiro atoms. The third-order valence-corrected chi connectivity index (χ3v) is 4.08. The number of esters is 2. The fraction of sp³-hybridized carbons (Fsp3) is 0.130. The molecule has 0 aliphatic rings. The predicted molar refractivity (Wildman–Crippen MR) is 103 cm³/mol. The molecule has 0 saturated heterocycles. The Morgan fingerprint density at radius 1 is 0.786 bits per heavy atom.